The maximum atomic E-state index is 11.2. The van der Waals surface area contributed by atoms with Crippen molar-refractivity contribution in [1.82, 2.24) is 5.32 Å². The minimum atomic E-state index is 0.148. The van der Waals surface area contributed by atoms with Gasteiger partial charge in [0.25, 0.3) is 0 Å². The summed E-state index contributed by atoms with van der Waals surface area (Å²) in [4.78, 5) is 11.2. The summed E-state index contributed by atoms with van der Waals surface area (Å²) in [6, 6.07) is 0. The minimum absolute atomic E-state index is 0.148. The van der Waals surface area contributed by atoms with Gasteiger partial charge in [0.1, 0.15) is 0 Å². The SMILES string of the molecule is CSCCC(=O)NCC(C)(C)CBr. The van der Waals surface area contributed by atoms with Crippen molar-refractivity contribution in [2.45, 2.75) is 20.3 Å². The number of halogens is 1. The number of thioether (sulfide) groups is 1. The molecule has 1 amide bonds. The number of carbonyl (C=O) groups is 1. The van der Waals surface area contributed by atoms with Crippen LogP contribution in [0.1, 0.15) is 20.3 Å². The zero-order valence-corrected chi connectivity index (χ0v) is 10.9. The van der Waals surface area contributed by atoms with Crippen LogP contribution in [0.5, 0.6) is 0 Å². The fraction of sp³-hybridized carbons (Fsp3) is 0.889. The summed E-state index contributed by atoms with van der Waals surface area (Å²) in [6.07, 6.45) is 2.63. The van der Waals surface area contributed by atoms with Crippen LogP contribution in [-0.2, 0) is 4.79 Å². The molecule has 0 unspecified atom stereocenters. The molecule has 0 aromatic rings. The minimum Gasteiger partial charge on any atom is -0.356 e. The van der Waals surface area contributed by atoms with Crippen molar-refractivity contribution in [3.8, 4) is 0 Å². The summed E-state index contributed by atoms with van der Waals surface area (Å²) in [5.74, 6) is 1.06. The molecule has 0 fully saturated rings. The summed E-state index contributed by atoms with van der Waals surface area (Å²) in [5.41, 5.74) is 0.148. The number of hydrogen-bond acceptors (Lipinski definition) is 2. The third-order valence-electron chi connectivity index (χ3n) is 1.66. The highest BCUT2D eigenvalue weighted by atomic mass is 79.9. The largest absolute Gasteiger partial charge is 0.356 e. The van der Waals surface area contributed by atoms with Crippen LogP contribution in [0.3, 0.4) is 0 Å². The Kier molecular flexibility index (Phi) is 6.86. The highest BCUT2D eigenvalue weighted by Gasteiger charge is 2.16. The first kappa shape index (κ1) is 13.3. The summed E-state index contributed by atoms with van der Waals surface area (Å²) < 4.78 is 0. The predicted octanol–water partition coefficient (Wildman–Crippen LogP) is 2.28. The van der Waals surface area contributed by atoms with Gasteiger partial charge in [0.2, 0.25) is 5.91 Å². The van der Waals surface area contributed by atoms with Crippen molar-refractivity contribution in [2.75, 3.05) is 23.9 Å². The van der Waals surface area contributed by atoms with E-state index in [-0.39, 0.29) is 11.3 Å². The van der Waals surface area contributed by atoms with Gasteiger partial charge in [-0.1, -0.05) is 29.8 Å². The summed E-state index contributed by atoms with van der Waals surface area (Å²) in [7, 11) is 0. The molecule has 2 nitrogen and oxygen atoms in total. The maximum Gasteiger partial charge on any atom is 0.220 e. The molecule has 0 saturated carbocycles. The highest BCUT2D eigenvalue weighted by molar-refractivity contribution is 9.09. The van der Waals surface area contributed by atoms with E-state index in [1.807, 2.05) is 6.26 Å². The van der Waals surface area contributed by atoms with Crippen LogP contribution in [0.2, 0.25) is 0 Å². The third-order valence-corrected chi connectivity index (χ3v) is 3.79. The Balaban J connectivity index is 3.57. The van der Waals surface area contributed by atoms with Gasteiger partial charge < -0.3 is 5.32 Å². The van der Waals surface area contributed by atoms with E-state index >= 15 is 0 Å². The lowest BCUT2D eigenvalue weighted by atomic mass is 9.97. The lowest BCUT2D eigenvalue weighted by Crippen LogP contribution is -2.34. The van der Waals surface area contributed by atoms with Gasteiger partial charge >= 0.3 is 0 Å². The van der Waals surface area contributed by atoms with E-state index in [2.05, 4.69) is 35.1 Å². The number of amides is 1. The third kappa shape index (κ3) is 7.38. The standard InChI is InChI=1S/C9H18BrNOS/c1-9(2,6-10)7-11-8(12)4-5-13-3/h4-7H2,1-3H3,(H,11,12). The smallest absolute Gasteiger partial charge is 0.220 e. The van der Waals surface area contributed by atoms with Gasteiger partial charge in [0.05, 0.1) is 0 Å². The Morgan fingerprint density at radius 1 is 1.54 bits per heavy atom. The second kappa shape index (κ2) is 6.71. The molecule has 0 saturated heterocycles. The monoisotopic (exact) mass is 267 g/mol. The molecule has 0 aliphatic carbocycles. The number of nitrogens with one attached hydrogen (secondary N) is 1. The Bertz CT molecular complexity index is 162. The van der Waals surface area contributed by atoms with Crippen LogP contribution in [0, 0.1) is 5.41 Å². The van der Waals surface area contributed by atoms with Gasteiger partial charge in [-0.25, -0.2) is 0 Å². The number of carbonyl (C=O) groups excluding carboxylic acids is 1. The van der Waals surface area contributed by atoms with Gasteiger partial charge in [0, 0.05) is 24.0 Å². The van der Waals surface area contributed by atoms with Gasteiger partial charge in [-0.2, -0.15) is 11.8 Å². The molecule has 13 heavy (non-hydrogen) atoms. The normalized spacial score (nSPS) is 11.4. The van der Waals surface area contributed by atoms with Gasteiger partial charge in [-0.3, -0.25) is 4.79 Å². The van der Waals surface area contributed by atoms with E-state index in [0.717, 1.165) is 17.6 Å². The molecule has 0 rings (SSSR count). The zero-order chi connectivity index (χ0) is 10.3. The Morgan fingerprint density at radius 3 is 2.62 bits per heavy atom. The van der Waals surface area contributed by atoms with E-state index in [1.165, 1.54) is 0 Å². The molecule has 0 bridgehead atoms. The van der Waals surface area contributed by atoms with Gasteiger partial charge in [0.15, 0.2) is 0 Å². The number of hydrogen-bond donors (Lipinski definition) is 1. The van der Waals surface area contributed by atoms with Crippen LogP contribution >= 0.6 is 27.7 Å². The second-order valence-corrected chi connectivity index (χ2v) is 5.36. The van der Waals surface area contributed by atoms with E-state index in [4.69, 9.17) is 0 Å². The predicted molar refractivity (Wildman–Crippen MR) is 63.6 cm³/mol. The average molecular weight is 268 g/mol. The molecule has 0 radical (unpaired) electrons. The van der Waals surface area contributed by atoms with Crippen molar-refractivity contribution in [1.29, 1.82) is 0 Å². The first-order chi connectivity index (χ1) is 6.02. The van der Waals surface area contributed by atoms with E-state index < -0.39 is 0 Å². The second-order valence-electron chi connectivity index (χ2n) is 3.82. The molecule has 0 aromatic heterocycles. The van der Waals surface area contributed by atoms with Crippen molar-refractivity contribution < 1.29 is 4.79 Å². The molecular formula is C9H18BrNOS. The van der Waals surface area contributed by atoms with Gasteiger partial charge in [-0.15, -0.1) is 0 Å². The van der Waals surface area contributed by atoms with Crippen molar-refractivity contribution in [2.24, 2.45) is 5.41 Å². The van der Waals surface area contributed by atoms with Crippen molar-refractivity contribution >= 4 is 33.6 Å². The van der Waals surface area contributed by atoms with Crippen LogP contribution in [0.25, 0.3) is 0 Å². The number of alkyl halides is 1. The average Bonchev–Trinajstić information content (AvgIpc) is 2.11. The molecule has 0 aliphatic rings. The summed E-state index contributed by atoms with van der Waals surface area (Å²) in [6.45, 7) is 4.98. The quantitative estimate of drug-likeness (QED) is 0.749. The van der Waals surface area contributed by atoms with E-state index in [9.17, 15) is 4.79 Å². The topological polar surface area (TPSA) is 29.1 Å². The van der Waals surface area contributed by atoms with Crippen molar-refractivity contribution in [3.63, 3.8) is 0 Å². The summed E-state index contributed by atoms with van der Waals surface area (Å²) in [5, 5.41) is 3.83. The molecule has 1 N–H and O–H groups in total. The van der Waals surface area contributed by atoms with Crippen LogP contribution in [-0.4, -0.2) is 29.8 Å². The molecule has 0 aliphatic heterocycles. The molecule has 78 valence electrons. The summed E-state index contributed by atoms with van der Waals surface area (Å²) >= 11 is 5.12. The molecule has 0 aromatic carbocycles. The fourth-order valence-electron chi connectivity index (χ4n) is 0.668. The lowest BCUT2D eigenvalue weighted by Gasteiger charge is -2.21. The zero-order valence-electron chi connectivity index (χ0n) is 8.52. The van der Waals surface area contributed by atoms with Crippen LogP contribution in [0.15, 0.2) is 0 Å². The van der Waals surface area contributed by atoms with E-state index in [0.29, 0.717) is 6.42 Å². The first-order valence-corrected chi connectivity index (χ1v) is 6.85. The molecule has 0 heterocycles. The van der Waals surface area contributed by atoms with Crippen molar-refractivity contribution in [3.05, 3.63) is 0 Å². The van der Waals surface area contributed by atoms with E-state index in [1.54, 1.807) is 11.8 Å². The molecular weight excluding hydrogens is 250 g/mol. The highest BCUT2D eigenvalue weighted by Crippen LogP contribution is 2.16. The number of rotatable bonds is 6. The first-order valence-electron chi connectivity index (χ1n) is 4.33. The Morgan fingerprint density at radius 2 is 2.15 bits per heavy atom. The van der Waals surface area contributed by atoms with Crippen LogP contribution < -0.4 is 5.32 Å². The molecule has 0 atom stereocenters. The molecule has 0 spiro atoms. The maximum absolute atomic E-state index is 11.2. The van der Waals surface area contributed by atoms with Crippen LogP contribution in [0.4, 0.5) is 0 Å². The van der Waals surface area contributed by atoms with Gasteiger partial charge in [-0.05, 0) is 11.7 Å². The Hall–Kier alpha value is 0.300. The lowest BCUT2D eigenvalue weighted by molar-refractivity contribution is -0.121. The fourth-order valence-corrected chi connectivity index (χ4v) is 1.26. The Labute approximate surface area is 93.4 Å². The molecule has 4 heteroatoms.